The number of carbonyl (C=O) groups is 1. The molecule has 0 saturated heterocycles. The van der Waals surface area contributed by atoms with Crippen LogP contribution in [0.5, 0.6) is 0 Å². The number of nitrogens with zero attached hydrogens (tertiary/aromatic N) is 2. The van der Waals surface area contributed by atoms with E-state index in [0.29, 0.717) is 16.3 Å². The molecule has 0 saturated carbocycles. The first kappa shape index (κ1) is 18.8. The summed E-state index contributed by atoms with van der Waals surface area (Å²) in [6.45, 7) is 0. The van der Waals surface area contributed by atoms with E-state index in [1.807, 2.05) is 30.3 Å². The Labute approximate surface area is 170 Å². The maximum Gasteiger partial charge on any atom is 0.259 e. The molecule has 0 aliphatic heterocycles. The Kier molecular flexibility index (Phi) is 5.10. The first-order chi connectivity index (χ1) is 14.0. The van der Waals surface area contributed by atoms with Crippen LogP contribution in [0.15, 0.2) is 79.0 Å². The molecule has 0 aliphatic rings. The fourth-order valence-electron chi connectivity index (χ4n) is 2.85. The van der Waals surface area contributed by atoms with Crippen LogP contribution >= 0.6 is 11.6 Å². The smallest absolute Gasteiger partial charge is 0.259 e. The van der Waals surface area contributed by atoms with Crippen molar-refractivity contribution in [3.05, 3.63) is 101 Å². The largest absolute Gasteiger partial charge is 0.322 e. The lowest BCUT2D eigenvalue weighted by Crippen LogP contribution is -2.12. The van der Waals surface area contributed by atoms with Crippen molar-refractivity contribution in [1.29, 1.82) is 0 Å². The number of amides is 1. The molecule has 1 heterocycles. The first-order valence-corrected chi connectivity index (χ1v) is 9.06. The van der Waals surface area contributed by atoms with E-state index in [1.165, 1.54) is 6.07 Å². The Balaban J connectivity index is 1.75. The summed E-state index contributed by atoms with van der Waals surface area (Å²) >= 11 is 5.97. The molecule has 0 bridgehead atoms. The summed E-state index contributed by atoms with van der Waals surface area (Å²) in [4.78, 5) is 12.9. The SMILES string of the molecule is O=C(Nc1ccc(F)c(F)c1)c1cn(-c2ccccc2)nc1-c1ccc(Cl)cc1. The van der Waals surface area contributed by atoms with Crippen molar-refractivity contribution in [2.75, 3.05) is 5.32 Å². The fourth-order valence-corrected chi connectivity index (χ4v) is 2.97. The average molecular weight is 410 g/mol. The van der Waals surface area contributed by atoms with E-state index in [0.717, 1.165) is 17.8 Å². The van der Waals surface area contributed by atoms with Gasteiger partial charge in [0.25, 0.3) is 5.91 Å². The number of nitrogens with one attached hydrogen (secondary N) is 1. The first-order valence-electron chi connectivity index (χ1n) is 8.69. The summed E-state index contributed by atoms with van der Waals surface area (Å²) in [6.07, 6.45) is 1.59. The Morgan fingerprint density at radius 3 is 2.34 bits per heavy atom. The zero-order chi connectivity index (χ0) is 20.4. The molecule has 1 aromatic heterocycles. The van der Waals surface area contributed by atoms with Crippen molar-refractivity contribution in [3.8, 4) is 16.9 Å². The van der Waals surface area contributed by atoms with Crippen molar-refractivity contribution in [3.63, 3.8) is 0 Å². The van der Waals surface area contributed by atoms with Crippen molar-refractivity contribution < 1.29 is 13.6 Å². The van der Waals surface area contributed by atoms with E-state index in [1.54, 1.807) is 35.1 Å². The minimum Gasteiger partial charge on any atom is -0.322 e. The lowest BCUT2D eigenvalue weighted by molar-refractivity contribution is 0.102. The molecule has 4 nitrogen and oxygen atoms in total. The molecule has 0 aliphatic carbocycles. The number of rotatable bonds is 4. The minimum absolute atomic E-state index is 0.142. The second-order valence-corrected chi connectivity index (χ2v) is 6.70. The number of aromatic nitrogens is 2. The van der Waals surface area contributed by atoms with Gasteiger partial charge < -0.3 is 5.32 Å². The molecule has 0 atom stereocenters. The Morgan fingerprint density at radius 2 is 1.66 bits per heavy atom. The monoisotopic (exact) mass is 409 g/mol. The third-order valence-electron chi connectivity index (χ3n) is 4.27. The lowest BCUT2D eigenvalue weighted by Gasteiger charge is -2.06. The van der Waals surface area contributed by atoms with E-state index in [2.05, 4.69) is 10.4 Å². The normalized spacial score (nSPS) is 10.7. The van der Waals surface area contributed by atoms with Gasteiger partial charge in [-0.2, -0.15) is 5.10 Å². The molecule has 0 unspecified atom stereocenters. The molecule has 7 heteroatoms. The van der Waals surface area contributed by atoms with Crippen LogP contribution in [0.25, 0.3) is 16.9 Å². The lowest BCUT2D eigenvalue weighted by atomic mass is 10.1. The van der Waals surface area contributed by atoms with Crippen LogP contribution in [0.2, 0.25) is 5.02 Å². The van der Waals surface area contributed by atoms with Gasteiger partial charge in [-0.05, 0) is 36.4 Å². The van der Waals surface area contributed by atoms with E-state index in [4.69, 9.17) is 11.6 Å². The molecule has 3 aromatic carbocycles. The summed E-state index contributed by atoms with van der Waals surface area (Å²) in [5, 5.41) is 7.70. The number of carbonyl (C=O) groups excluding carboxylic acids is 1. The number of hydrogen-bond donors (Lipinski definition) is 1. The van der Waals surface area contributed by atoms with Crippen molar-refractivity contribution in [1.82, 2.24) is 9.78 Å². The number of benzene rings is 3. The van der Waals surface area contributed by atoms with E-state index < -0.39 is 17.5 Å². The number of halogens is 3. The maximum atomic E-state index is 13.5. The fraction of sp³-hybridized carbons (Fsp3) is 0. The van der Waals surface area contributed by atoms with Gasteiger partial charge in [-0.3, -0.25) is 4.79 Å². The second-order valence-electron chi connectivity index (χ2n) is 6.26. The predicted molar refractivity (Wildman–Crippen MR) is 108 cm³/mol. The summed E-state index contributed by atoms with van der Waals surface area (Å²) < 4.78 is 28.2. The van der Waals surface area contributed by atoms with Crippen LogP contribution < -0.4 is 5.32 Å². The van der Waals surface area contributed by atoms with E-state index in [9.17, 15) is 13.6 Å². The van der Waals surface area contributed by atoms with Crippen LogP contribution in [-0.4, -0.2) is 15.7 Å². The van der Waals surface area contributed by atoms with Crippen LogP contribution in [0.1, 0.15) is 10.4 Å². The van der Waals surface area contributed by atoms with Crippen molar-refractivity contribution in [2.45, 2.75) is 0 Å². The highest BCUT2D eigenvalue weighted by atomic mass is 35.5. The predicted octanol–water partition coefficient (Wildman–Crippen LogP) is 5.72. The third-order valence-corrected chi connectivity index (χ3v) is 4.53. The standard InChI is InChI=1S/C22H14ClF2N3O/c23-15-8-6-14(7-9-15)21-18(13-28(27-21)17-4-2-1-3-5-17)22(29)26-16-10-11-19(24)20(25)12-16/h1-13H,(H,26,29). The Morgan fingerprint density at radius 1 is 0.931 bits per heavy atom. The van der Waals surface area contributed by atoms with Crippen LogP contribution in [0.4, 0.5) is 14.5 Å². The Bertz CT molecular complexity index is 1170. The van der Waals surface area contributed by atoms with Gasteiger partial charge in [-0.1, -0.05) is 41.9 Å². The molecule has 4 rings (SSSR count). The van der Waals surface area contributed by atoms with Gasteiger partial charge in [0.15, 0.2) is 11.6 Å². The maximum absolute atomic E-state index is 13.5. The van der Waals surface area contributed by atoms with Gasteiger partial charge >= 0.3 is 0 Å². The molecule has 0 radical (unpaired) electrons. The van der Waals surface area contributed by atoms with Crippen molar-refractivity contribution in [2.24, 2.45) is 0 Å². The van der Waals surface area contributed by atoms with E-state index in [-0.39, 0.29) is 11.3 Å². The molecule has 0 spiro atoms. The quantitative estimate of drug-likeness (QED) is 0.468. The summed E-state index contributed by atoms with van der Waals surface area (Å²) in [6, 6.07) is 19.4. The molecule has 4 aromatic rings. The topological polar surface area (TPSA) is 46.9 Å². The molecule has 1 N–H and O–H groups in total. The zero-order valence-corrected chi connectivity index (χ0v) is 15.7. The highest BCUT2D eigenvalue weighted by Gasteiger charge is 2.19. The van der Waals surface area contributed by atoms with Gasteiger partial charge in [-0.25, -0.2) is 13.5 Å². The van der Waals surface area contributed by atoms with Crippen molar-refractivity contribution >= 4 is 23.2 Å². The minimum atomic E-state index is -1.04. The molecular formula is C22H14ClF2N3O. The summed E-state index contributed by atoms with van der Waals surface area (Å²) in [5.74, 6) is -2.52. The van der Waals surface area contributed by atoms with Gasteiger partial charge in [0.05, 0.1) is 11.3 Å². The van der Waals surface area contributed by atoms with Gasteiger partial charge in [0.1, 0.15) is 5.69 Å². The number of anilines is 1. The van der Waals surface area contributed by atoms with Gasteiger partial charge in [-0.15, -0.1) is 0 Å². The molecule has 144 valence electrons. The third kappa shape index (κ3) is 4.02. The number of para-hydroxylation sites is 1. The Hall–Kier alpha value is -3.51. The zero-order valence-electron chi connectivity index (χ0n) is 14.9. The average Bonchev–Trinajstić information content (AvgIpc) is 3.18. The van der Waals surface area contributed by atoms with Crippen LogP contribution in [0.3, 0.4) is 0 Å². The summed E-state index contributed by atoms with van der Waals surface area (Å²) in [7, 11) is 0. The molecule has 29 heavy (non-hydrogen) atoms. The van der Waals surface area contributed by atoms with Crippen LogP contribution in [-0.2, 0) is 0 Å². The van der Waals surface area contributed by atoms with Gasteiger partial charge in [0.2, 0.25) is 0 Å². The van der Waals surface area contributed by atoms with Crippen LogP contribution in [0, 0.1) is 11.6 Å². The molecule has 0 fully saturated rings. The molecule has 1 amide bonds. The molecular weight excluding hydrogens is 396 g/mol. The second kappa shape index (κ2) is 7.85. The number of hydrogen-bond acceptors (Lipinski definition) is 2. The summed E-state index contributed by atoms with van der Waals surface area (Å²) in [5.41, 5.74) is 2.32. The van der Waals surface area contributed by atoms with E-state index >= 15 is 0 Å². The highest BCUT2D eigenvalue weighted by molar-refractivity contribution is 6.30. The highest BCUT2D eigenvalue weighted by Crippen LogP contribution is 2.26. The van der Waals surface area contributed by atoms with Gasteiger partial charge in [0, 0.05) is 28.5 Å².